The van der Waals surface area contributed by atoms with Crippen LogP contribution in [-0.4, -0.2) is 36.5 Å². The number of amides is 1. The molecule has 4 nitrogen and oxygen atoms in total. The molecule has 4 heteroatoms. The Morgan fingerprint density at radius 3 is 2.65 bits per heavy atom. The van der Waals surface area contributed by atoms with Crippen molar-refractivity contribution in [2.24, 2.45) is 0 Å². The van der Waals surface area contributed by atoms with E-state index < -0.39 is 5.54 Å². The highest BCUT2D eigenvalue weighted by molar-refractivity contribution is 5.80. The van der Waals surface area contributed by atoms with Crippen LogP contribution in [0.5, 0.6) is 0 Å². The third kappa shape index (κ3) is 3.37. The highest BCUT2D eigenvalue weighted by Gasteiger charge is 2.35. The molecule has 1 saturated heterocycles. The quantitative estimate of drug-likeness (QED) is 0.909. The molecular formula is C16H21N3O. The van der Waals surface area contributed by atoms with Crippen molar-refractivity contribution in [3.63, 3.8) is 0 Å². The number of nitrogens with zero attached hydrogens (tertiary/aromatic N) is 2. The van der Waals surface area contributed by atoms with Crippen molar-refractivity contribution < 1.29 is 4.79 Å². The molecule has 0 aliphatic carbocycles. The summed E-state index contributed by atoms with van der Waals surface area (Å²) in [4.78, 5) is 14.4. The Morgan fingerprint density at radius 2 is 2.05 bits per heavy atom. The van der Waals surface area contributed by atoms with Crippen molar-refractivity contribution in [2.45, 2.75) is 31.7 Å². The van der Waals surface area contributed by atoms with E-state index in [2.05, 4.69) is 16.3 Å². The SMILES string of the molecule is Cc1ccccc1CC(=O)NC1(C#N)CCN(C)CC1. The molecule has 0 radical (unpaired) electrons. The molecule has 1 aliphatic rings. The summed E-state index contributed by atoms with van der Waals surface area (Å²) < 4.78 is 0. The Balaban J connectivity index is 2.00. The standard InChI is InChI=1S/C16H21N3O/c1-13-5-3-4-6-14(13)11-15(20)18-16(12-17)7-9-19(2)10-8-16/h3-6H,7-11H2,1-2H3,(H,18,20). The number of carbonyl (C=O) groups is 1. The van der Waals surface area contributed by atoms with Crippen molar-refractivity contribution in [1.82, 2.24) is 10.2 Å². The van der Waals surface area contributed by atoms with Gasteiger partial charge in [0.2, 0.25) is 5.91 Å². The first-order valence-electron chi connectivity index (χ1n) is 7.00. The van der Waals surface area contributed by atoms with Crippen LogP contribution in [-0.2, 0) is 11.2 Å². The number of nitriles is 1. The van der Waals surface area contributed by atoms with Gasteiger partial charge in [0, 0.05) is 13.1 Å². The average Bonchev–Trinajstić information content (AvgIpc) is 2.44. The number of aryl methyl sites for hydroxylation is 1. The zero-order valence-corrected chi connectivity index (χ0v) is 12.1. The van der Waals surface area contributed by atoms with Crippen LogP contribution in [0.1, 0.15) is 24.0 Å². The lowest BCUT2D eigenvalue weighted by Crippen LogP contribution is -2.54. The normalized spacial score (nSPS) is 18.2. The van der Waals surface area contributed by atoms with Crippen molar-refractivity contribution in [3.05, 3.63) is 35.4 Å². The maximum Gasteiger partial charge on any atom is 0.225 e. The number of rotatable bonds is 3. The van der Waals surface area contributed by atoms with Crippen molar-refractivity contribution in [1.29, 1.82) is 5.26 Å². The Kier molecular flexibility index (Phi) is 4.41. The Labute approximate surface area is 120 Å². The summed E-state index contributed by atoms with van der Waals surface area (Å²) in [6.07, 6.45) is 1.73. The Bertz CT molecular complexity index is 525. The molecule has 1 aromatic rings. The first-order chi connectivity index (χ1) is 9.54. The zero-order chi connectivity index (χ0) is 14.6. The van der Waals surface area contributed by atoms with E-state index in [1.54, 1.807) is 0 Å². The van der Waals surface area contributed by atoms with Crippen LogP contribution in [0.25, 0.3) is 0 Å². The van der Waals surface area contributed by atoms with E-state index in [-0.39, 0.29) is 5.91 Å². The van der Waals surface area contributed by atoms with Crippen molar-refractivity contribution >= 4 is 5.91 Å². The van der Waals surface area contributed by atoms with E-state index in [1.165, 1.54) is 0 Å². The van der Waals surface area contributed by atoms with Gasteiger partial charge in [-0.1, -0.05) is 24.3 Å². The third-order valence-corrected chi connectivity index (χ3v) is 4.05. The number of carbonyl (C=O) groups excluding carboxylic acids is 1. The van der Waals surface area contributed by atoms with Gasteiger partial charge in [-0.05, 0) is 37.9 Å². The summed E-state index contributed by atoms with van der Waals surface area (Å²) in [5.41, 5.74) is 1.44. The smallest absolute Gasteiger partial charge is 0.225 e. The Hall–Kier alpha value is -1.86. The molecule has 2 rings (SSSR count). The molecule has 0 unspecified atom stereocenters. The molecule has 1 heterocycles. The molecule has 0 spiro atoms. The molecule has 1 aliphatic heterocycles. The summed E-state index contributed by atoms with van der Waals surface area (Å²) in [6.45, 7) is 3.69. The molecule has 1 N–H and O–H groups in total. The van der Waals surface area contributed by atoms with Crippen LogP contribution in [0.2, 0.25) is 0 Å². The van der Waals surface area contributed by atoms with Crippen LogP contribution in [0, 0.1) is 18.3 Å². The van der Waals surface area contributed by atoms with Crippen LogP contribution in [0.3, 0.4) is 0 Å². The molecule has 0 atom stereocenters. The average molecular weight is 271 g/mol. The monoisotopic (exact) mass is 271 g/mol. The van der Waals surface area contributed by atoms with Crippen LogP contribution >= 0.6 is 0 Å². The zero-order valence-electron chi connectivity index (χ0n) is 12.1. The number of hydrogen-bond acceptors (Lipinski definition) is 3. The molecule has 20 heavy (non-hydrogen) atoms. The fraction of sp³-hybridized carbons (Fsp3) is 0.500. The maximum absolute atomic E-state index is 12.2. The summed E-state index contributed by atoms with van der Waals surface area (Å²) in [5.74, 6) is -0.0644. The van der Waals surface area contributed by atoms with Gasteiger partial charge in [0.1, 0.15) is 5.54 Å². The molecule has 0 saturated carbocycles. The molecule has 1 fully saturated rings. The van der Waals surface area contributed by atoms with E-state index in [0.29, 0.717) is 19.3 Å². The predicted octanol–water partition coefficient (Wildman–Crippen LogP) is 1.64. The van der Waals surface area contributed by atoms with Crippen LogP contribution in [0.15, 0.2) is 24.3 Å². The number of piperidine rings is 1. The fourth-order valence-corrected chi connectivity index (χ4v) is 2.56. The van der Waals surface area contributed by atoms with Gasteiger partial charge < -0.3 is 10.2 Å². The molecular weight excluding hydrogens is 250 g/mol. The summed E-state index contributed by atoms with van der Waals surface area (Å²) in [5, 5.41) is 12.4. The second kappa shape index (κ2) is 6.06. The third-order valence-electron chi connectivity index (χ3n) is 4.05. The van der Waals surface area contributed by atoms with Gasteiger partial charge in [-0.25, -0.2) is 0 Å². The number of benzene rings is 1. The predicted molar refractivity (Wildman–Crippen MR) is 78.1 cm³/mol. The first kappa shape index (κ1) is 14.5. The lowest BCUT2D eigenvalue weighted by atomic mass is 9.89. The minimum Gasteiger partial charge on any atom is -0.337 e. The highest BCUT2D eigenvalue weighted by Crippen LogP contribution is 2.21. The van der Waals surface area contributed by atoms with Gasteiger partial charge in [0.15, 0.2) is 0 Å². The minimum atomic E-state index is -0.688. The molecule has 1 amide bonds. The number of likely N-dealkylation sites (tertiary alicyclic amines) is 1. The van der Waals surface area contributed by atoms with Gasteiger partial charge in [0.25, 0.3) is 0 Å². The highest BCUT2D eigenvalue weighted by atomic mass is 16.1. The second-order valence-electron chi connectivity index (χ2n) is 5.65. The topological polar surface area (TPSA) is 56.1 Å². The van der Waals surface area contributed by atoms with Crippen LogP contribution in [0.4, 0.5) is 0 Å². The summed E-state index contributed by atoms with van der Waals surface area (Å²) in [7, 11) is 2.04. The van der Waals surface area contributed by atoms with Gasteiger partial charge in [-0.3, -0.25) is 4.79 Å². The summed E-state index contributed by atoms with van der Waals surface area (Å²) in [6, 6.07) is 10.2. The maximum atomic E-state index is 12.2. The van der Waals surface area contributed by atoms with Crippen molar-refractivity contribution in [2.75, 3.05) is 20.1 Å². The van der Waals surface area contributed by atoms with E-state index in [1.807, 2.05) is 38.2 Å². The molecule has 1 aromatic carbocycles. The fourth-order valence-electron chi connectivity index (χ4n) is 2.56. The van der Waals surface area contributed by atoms with E-state index in [9.17, 15) is 10.1 Å². The van der Waals surface area contributed by atoms with Gasteiger partial charge in [0.05, 0.1) is 12.5 Å². The Morgan fingerprint density at radius 1 is 1.40 bits per heavy atom. The van der Waals surface area contributed by atoms with Crippen molar-refractivity contribution in [3.8, 4) is 6.07 Å². The lowest BCUT2D eigenvalue weighted by Gasteiger charge is -2.36. The van der Waals surface area contributed by atoms with Crippen LogP contribution < -0.4 is 5.32 Å². The molecule has 0 bridgehead atoms. The second-order valence-corrected chi connectivity index (χ2v) is 5.65. The number of nitrogens with one attached hydrogen (secondary N) is 1. The lowest BCUT2D eigenvalue weighted by molar-refractivity contribution is -0.122. The van der Waals surface area contributed by atoms with Gasteiger partial charge in [-0.2, -0.15) is 5.26 Å². The summed E-state index contributed by atoms with van der Waals surface area (Å²) >= 11 is 0. The largest absolute Gasteiger partial charge is 0.337 e. The minimum absolute atomic E-state index is 0.0644. The van der Waals surface area contributed by atoms with E-state index >= 15 is 0 Å². The molecule has 0 aromatic heterocycles. The number of hydrogen-bond donors (Lipinski definition) is 1. The molecule has 106 valence electrons. The van der Waals surface area contributed by atoms with E-state index in [0.717, 1.165) is 24.2 Å². The van der Waals surface area contributed by atoms with Gasteiger partial charge >= 0.3 is 0 Å². The van der Waals surface area contributed by atoms with E-state index in [4.69, 9.17) is 0 Å². The van der Waals surface area contributed by atoms with Gasteiger partial charge in [-0.15, -0.1) is 0 Å². The first-order valence-corrected chi connectivity index (χ1v) is 7.00.